The molecule has 0 amide bonds. The molecule has 2 aromatic heterocycles. The molecule has 0 aliphatic rings. The number of sulfonamides is 1. The second-order valence-electron chi connectivity index (χ2n) is 9.95. The molecule has 9 heteroatoms. The van der Waals surface area contributed by atoms with Gasteiger partial charge in [0.1, 0.15) is 17.4 Å². The van der Waals surface area contributed by atoms with E-state index in [0.29, 0.717) is 23.0 Å². The van der Waals surface area contributed by atoms with Crippen LogP contribution in [0.2, 0.25) is 0 Å². The van der Waals surface area contributed by atoms with Gasteiger partial charge in [-0.1, -0.05) is 49.2 Å². The van der Waals surface area contributed by atoms with Crippen LogP contribution in [0.1, 0.15) is 35.6 Å². The zero-order chi connectivity index (χ0) is 28.4. The minimum absolute atomic E-state index is 0.0443. The van der Waals surface area contributed by atoms with Crippen LogP contribution in [-0.2, 0) is 27.7 Å². The van der Waals surface area contributed by atoms with Crippen molar-refractivity contribution in [1.82, 2.24) is 9.71 Å². The quantitative estimate of drug-likeness (QED) is 0.143. The highest BCUT2D eigenvalue weighted by molar-refractivity contribution is 7.89. The first-order valence-electron chi connectivity index (χ1n) is 13.1. The highest BCUT2D eigenvalue weighted by atomic mass is 32.2. The van der Waals surface area contributed by atoms with Crippen molar-refractivity contribution in [1.29, 1.82) is 0 Å². The number of para-hydroxylation sites is 1. The van der Waals surface area contributed by atoms with E-state index >= 15 is 0 Å². The van der Waals surface area contributed by atoms with Crippen molar-refractivity contribution in [3.63, 3.8) is 0 Å². The van der Waals surface area contributed by atoms with Crippen molar-refractivity contribution in [2.75, 3.05) is 0 Å². The van der Waals surface area contributed by atoms with Gasteiger partial charge in [0.2, 0.25) is 10.0 Å². The Balaban J connectivity index is 1.55. The van der Waals surface area contributed by atoms with Gasteiger partial charge in [-0.25, -0.2) is 18.0 Å². The van der Waals surface area contributed by atoms with Crippen molar-refractivity contribution in [3.05, 3.63) is 106 Å². The zero-order valence-electron chi connectivity index (χ0n) is 22.5. The van der Waals surface area contributed by atoms with E-state index in [2.05, 4.69) is 9.71 Å². The molecule has 1 unspecified atom stereocenters. The standard InChI is InChI=1S/C31H30N2O6S/c1-4-7-21-17-29(34)38-27-14-20(3)15-28(30(21)27)39-31(35)26(16-22-18-32-25-9-6-5-8-24(22)25)33-40(36,37)23-12-10-19(2)11-13-23/h5-6,8-15,17-18,26,32-33H,4,7,16H2,1-3H3. The number of aryl methyl sites for hydroxylation is 3. The molecule has 2 heterocycles. The zero-order valence-corrected chi connectivity index (χ0v) is 23.3. The number of benzene rings is 3. The number of esters is 1. The third-order valence-corrected chi connectivity index (χ3v) is 8.26. The summed E-state index contributed by atoms with van der Waals surface area (Å²) in [6.07, 6.45) is 3.16. The van der Waals surface area contributed by atoms with Crippen LogP contribution in [0.25, 0.3) is 21.9 Å². The van der Waals surface area contributed by atoms with Crippen LogP contribution in [0.5, 0.6) is 5.75 Å². The molecule has 0 radical (unpaired) electrons. The third kappa shape index (κ3) is 5.71. The molecule has 5 aromatic rings. The van der Waals surface area contributed by atoms with Crippen molar-refractivity contribution in [2.24, 2.45) is 0 Å². The summed E-state index contributed by atoms with van der Waals surface area (Å²) >= 11 is 0. The topological polar surface area (TPSA) is 118 Å². The number of H-pyrrole nitrogens is 1. The van der Waals surface area contributed by atoms with Gasteiger partial charge in [-0.15, -0.1) is 0 Å². The molecule has 3 aromatic carbocycles. The van der Waals surface area contributed by atoms with Crippen molar-refractivity contribution in [2.45, 2.75) is 51.0 Å². The van der Waals surface area contributed by atoms with E-state index in [4.69, 9.17) is 9.15 Å². The number of rotatable bonds is 9. The summed E-state index contributed by atoms with van der Waals surface area (Å²) < 4.78 is 40.7. The molecular formula is C31H30N2O6S. The Hall–Kier alpha value is -4.21. The first-order chi connectivity index (χ1) is 19.1. The summed E-state index contributed by atoms with van der Waals surface area (Å²) in [4.78, 5) is 29.2. The molecular weight excluding hydrogens is 528 g/mol. The number of fused-ring (bicyclic) bond motifs is 2. The van der Waals surface area contributed by atoms with Crippen LogP contribution in [-0.4, -0.2) is 25.4 Å². The Morgan fingerprint density at radius 2 is 1.75 bits per heavy atom. The Morgan fingerprint density at radius 3 is 2.50 bits per heavy atom. The monoisotopic (exact) mass is 558 g/mol. The molecule has 5 rings (SSSR count). The predicted molar refractivity (Wildman–Crippen MR) is 154 cm³/mol. The van der Waals surface area contributed by atoms with E-state index in [0.717, 1.165) is 34.0 Å². The van der Waals surface area contributed by atoms with Crippen molar-refractivity contribution in [3.8, 4) is 5.75 Å². The lowest BCUT2D eigenvalue weighted by molar-refractivity contribution is -0.136. The normalized spacial score (nSPS) is 12.6. The molecule has 0 aliphatic heterocycles. The number of carbonyl (C=O) groups excluding carboxylic acids is 1. The lowest BCUT2D eigenvalue weighted by atomic mass is 10.0. The third-order valence-electron chi connectivity index (χ3n) is 6.78. The Morgan fingerprint density at radius 1 is 1.00 bits per heavy atom. The molecule has 0 spiro atoms. The van der Waals surface area contributed by atoms with Crippen LogP contribution in [0, 0.1) is 13.8 Å². The molecule has 0 fully saturated rings. The minimum atomic E-state index is -4.06. The largest absolute Gasteiger partial charge is 0.425 e. The highest BCUT2D eigenvalue weighted by Crippen LogP contribution is 2.31. The number of carbonyl (C=O) groups is 1. The van der Waals surface area contributed by atoms with E-state index in [9.17, 15) is 18.0 Å². The van der Waals surface area contributed by atoms with Gasteiger partial charge in [0.25, 0.3) is 0 Å². The molecule has 2 N–H and O–H groups in total. The molecule has 0 saturated heterocycles. The highest BCUT2D eigenvalue weighted by Gasteiger charge is 2.29. The van der Waals surface area contributed by atoms with Crippen LogP contribution < -0.4 is 15.1 Å². The summed E-state index contributed by atoms with van der Waals surface area (Å²) in [6.45, 7) is 5.65. The Bertz CT molecular complexity index is 1870. The maximum atomic E-state index is 13.8. The van der Waals surface area contributed by atoms with E-state index in [1.807, 2.05) is 38.1 Å². The van der Waals surface area contributed by atoms with Crippen LogP contribution in [0.3, 0.4) is 0 Å². The molecule has 40 heavy (non-hydrogen) atoms. The van der Waals surface area contributed by atoms with Crippen LogP contribution in [0.15, 0.2) is 87.0 Å². The van der Waals surface area contributed by atoms with Gasteiger partial charge in [0.05, 0.1) is 10.3 Å². The van der Waals surface area contributed by atoms with Gasteiger partial charge in [0.15, 0.2) is 0 Å². The second kappa shape index (κ2) is 11.1. The van der Waals surface area contributed by atoms with Crippen LogP contribution >= 0.6 is 0 Å². The number of aromatic nitrogens is 1. The van der Waals surface area contributed by atoms with Crippen molar-refractivity contribution < 1.29 is 22.4 Å². The van der Waals surface area contributed by atoms with Gasteiger partial charge in [-0.05, 0) is 67.3 Å². The first kappa shape index (κ1) is 27.4. The van der Waals surface area contributed by atoms with Gasteiger partial charge in [0, 0.05) is 29.6 Å². The average Bonchev–Trinajstić information content (AvgIpc) is 3.31. The van der Waals surface area contributed by atoms with E-state index in [1.165, 1.54) is 18.2 Å². The molecule has 0 bridgehead atoms. The molecule has 1 atom stereocenters. The number of aromatic amines is 1. The maximum Gasteiger partial charge on any atom is 0.336 e. The van der Waals surface area contributed by atoms with E-state index < -0.39 is 27.7 Å². The fourth-order valence-corrected chi connectivity index (χ4v) is 6.05. The number of nitrogens with one attached hydrogen (secondary N) is 2. The summed E-state index contributed by atoms with van der Waals surface area (Å²) in [5, 5.41) is 1.40. The lowest BCUT2D eigenvalue weighted by Gasteiger charge is -2.19. The summed E-state index contributed by atoms with van der Waals surface area (Å²) in [6, 6.07) is 17.6. The number of ether oxygens (including phenoxy) is 1. The fraction of sp³-hybridized carbons (Fsp3) is 0.226. The van der Waals surface area contributed by atoms with Gasteiger partial charge in [-0.3, -0.25) is 0 Å². The fourth-order valence-electron chi connectivity index (χ4n) is 4.86. The van der Waals surface area contributed by atoms with Gasteiger partial charge in [-0.2, -0.15) is 4.72 Å². The van der Waals surface area contributed by atoms with Crippen molar-refractivity contribution >= 4 is 37.9 Å². The summed E-state index contributed by atoms with van der Waals surface area (Å²) in [5.41, 5.74) is 3.79. The summed E-state index contributed by atoms with van der Waals surface area (Å²) in [7, 11) is -4.06. The molecule has 8 nitrogen and oxygen atoms in total. The lowest BCUT2D eigenvalue weighted by Crippen LogP contribution is -2.44. The second-order valence-corrected chi connectivity index (χ2v) is 11.7. The first-order valence-corrected chi connectivity index (χ1v) is 14.6. The van der Waals surface area contributed by atoms with E-state index in [1.54, 1.807) is 37.4 Å². The predicted octanol–water partition coefficient (Wildman–Crippen LogP) is 5.34. The Kier molecular flexibility index (Phi) is 7.60. The van der Waals surface area contributed by atoms with Crippen LogP contribution in [0.4, 0.5) is 0 Å². The van der Waals surface area contributed by atoms with Gasteiger partial charge < -0.3 is 14.1 Å². The smallest absolute Gasteiger partial charge is 0.336 e. The maximum absolute atomic E-state index is 13.8. The molecule has 0 saturated carbocycles. The average molecular weight is 559 g/mol. The summed E-state index contributed by atoms with van der Waals surface area (Å²) in [5.74, 6) is -0.563. The molecule has 206 valence electrons. The minimum Gasteiger partial charge on any atom is -0.425 e. The number of hydrogen-bond donors (Lipinski definition) is 2. The van der Waals surface area contributed by atoms with Gasteiger partial charge >= 0.3 is 11.6 Å². The van der Waals surface area contributed by atoms with E-state index in [-0.39, 0.29) is 17.1 Å². The Labute approximate surface area is 232 Å². The SMILES string of the molecule is CCCc1cc(=O)oc2cc(C)cc(OC(=O)C(Cc3c[nH]c4ccccc34)NS(=O)(=O)c3ccc(C)cc3)c12. The number of hydrogen-bond acceptors (Lipinski definition) is 6. The molecule has 0 aliphatic carbocycles.